The van der Waals surface area contributed by atoms with Gasteiger partial charge >= 0.3 is 5.97 Å². The second-order valence-corrected chi connectivity index (χ2v) is 5.15. The minimum atomic E-state index is -1.30. The fourth-order valence-corrected chi connectivity index (χ4v) is 2.30. The molecule has 0 fully saturated rings. The van der Waals surface area contributed by atoms with Gasteiger partial charge in [-0.05, 0) is 30.1 Å². The summed E-state index contributed by atoms with van der Waals surface area (Å²) in [4.78, 5) is 21.0. The Bertz CT molecular complexity index is 479. The van der Waals surface area contributed by atoms with Crippen LogP contribution in [0.3, 0.4) is 0 Å². The number of nitro groups is 1. The van der Waals surface area contributed by atoms with Crippen molar-refractivity contribution >= 4 is 29.1 Å². The summed E-state index contributed by atoms with van der Waals surface area (Å²) >= 11 is 1.73. The third kappa shape index (κ3) is 4.44. The molecule has 1 aromatic carbocycles. The molecule has 1 atom stereocenters. The normalized spacial score (nSPS) is 11.9. The number of thioether (sulfide) groups is 1. The van der Waals surface area contributed by atoms with Gasteiger partial charge in [-0.2, -0.15) is 11.8 Å². The number of nitro benzene ring substituents is 1. The number of benzene rings is 1. The van der Waals surface area contributed by atoms with Crippen molar-refractivity contribution in [1.29, 1.82) is 0 Å². The molecule has 0 aliphatic carbocycles. The van der Waals surface area contributed by atoms with Gasteiger partial charge in [-0.1, -0.05) is 6.92 Å². The lowest BCUT2D eigenvalue weighted by molar-refractivity contribution is -0.385. The number of hydrogen-bond acceptors (Lipinski definition) is 5. The van der Waals surface area contributed by atoms with Crippen LogP contribution in [-0.4, -0.2) is 34.6 Å². The van der Waals surface area contributed by atoms with E-state index in [0.29, 0.717) is 18.2 Å². The molecule has 1 rings (SSSR count). The Hall–Kier alpha value is -1.76. The van der Waals surface area contributed by atoms with Crippen molar-refractivity contribution in [2.75, 3.05) is 23.9 Å². The van der Waals surface area contributed by atoms with E-state index in [4.69, 9.17) is 5.11 Å². The molecule has 0 aromatic heterocycles. The number of rotatable bonds is 7. The molecule has 2 N–H and O–H groups in total. The molecule has 0 heterocycles. The van der Waals surface area contributed by atoms with E-state index in [0.717, 1.165) is 5.75 Å². The molecule has 1 aromatic rings. The second-order valence-electron chi connectivity index (χ2n) is 4.24. The fourth-order valence-electron chi connectivity index (χ4n) is 1.61. The van der Waals surface area contributed by atoms with Crippen molar-refractivity contribution in [2.45, 2.75) is 6.92 Å². The quantitative estimate of drug-likeness (QED) is 0.590. The summed E-state index contributed by atoms with van der Waals surface area (Å²) < 4.78 is 0. The minimum absolute atomic E-state index is 0.298. The van der Waals surface area contributed by atoms with E-state index in [-0.39, 0.29) is 5.56 Å². The monoisotopic (exact) mass is 284 g/mol. The topological polar surface area (TPSA) is 92.5 Å². The van der Waals surface area contributed by atoms with Crippen molar-refractivity contribution in [3.63, 3.8) is 0 Å². The number of carboxylic acids is 1. The molecule has 0 bridgehead atoms. The molecule has 0 aliphatic rings. The lowest BCUT2D eigenvalue weighted by Gasteiger charge is -2.12. The van der Waals surface area contributed by atoms with Crippen LogP contribution in [0, 0.1) is 16.0 Å². The summed E-state index contributed by atoms with van der Waals surface area (Å²) in [6.07, 6.45) is 2.02. The van der Waals surface area contributed by atoms with Gasteiger partial charge in [0.1, 0.15) is 5.56 Å². The SMILES string of the molecule is CSCC(C)CNc1ccc(C(=O)O)c([N+](=O)[O-])c1. The second kappa shape index (κ2) is 6.98. The highest BCUT2D eigenvalue weighted by atomic mass is 32.2. The van der Waals surface area contributed by atoms with Crippen molar-refractivity contribution in [3.8, 4) is 0 Å². The van der Waals surface area contributed by atoms with E-state index < -0.39 is 16.6 Å². The molecule has 6 nitrogen and oxygen atoms in total. The van der Waals surface area contributed by atoms with Gasteiger partial charge in [-0.25, -0.2) is 4.79 Å². The summed E-state index contributed by atoms with van der Waals surface area (Å²) in [7, 11) is 0. The molecule has 0 saturated carbocycles. The third-order valence-corrected chi connectivity index (χ3v) is 3.43. The summed E-state index contributed by atoms with van der Waals surface area (Å²) in [5.41, 5.74) is -0.132. The number of carboxylic acid groups (broad SMARTS) is 1. The van der Waals surface area contributed by atoms with Gasteiger partial charge in [0.05, 0.1) is 4.92 Å². The maximum Gasteiger partial charge on any atom is 0.342 e. The zero-order chi connectivity index (χ0) is 14.4. The van der Waals surface area contributed by atoms with Crippen LogP contribution in [0.1, 0.15) is 17.3 Å². The lowest BCUT2D eigenvalue weighted by atomic mass is 10.1. The molecule has 19 heavy (non-hydrogen) atoms. The van der Waals surface area contributed by atoms with Crippen LogP contribution in [0.4, 0.5) is 11.4 Å². The predicted octanol–water partition coefficient (Wildman–Crippen LogP) is 2.70. The van der Waals surface area contributed by atoms with Gasteiger partial charge in [-0.3, -0.25) is 10.1 Å². The summed E-state index contributed by atoms with van der Waals surface area (Å²) in [6, 6.07) is 4.06. The number of anilines is 1. The van der Waals surface area contributed by atoms with Crippen molar-refractivity contribution in [2.24, 2.45) is 5.92 Å². The molecule has 0 spiro atoms. The van der Waals surface area contributed by atoms with Gasteiger partial charge in [0.2, 0.25) is 0 Å². The first-order chi connectivity index (χ1) is 8.95. The largest absolute Gasteiger partial charge is 0.477 e. The molecule has 0 radical (unpaired) electrons. The van der Waals surface area contributed by atoms with E-state index in [1.807, 2.05) is 6.26 Å². The summed E-state index contributed by atoms with van der Waals surface area (Å²) in [5.74, 6) is 0.115. The fraction of sp³-hybridized carbons (Fsp3) is 0.417. The molecule has 7 heteroatoms. The van der Waals surface area contributed by atoms with Gasteiger partial charge < -0.3 is 10.4 Å². The van der Waals surface area contributed by atoms with Crippen LogP contribution in [0.15, 0.2) is 18.2 Å². The first-order valence-electron chi connectivity index (χ1n) is 5.70. The molecule has 0 saturated heterocycles. The van der Waals surface area contributed by atoms with E-state index >= 15 is 0 Å². The van der Waals surface area contributed by atoms with Crippen LogP contribution in [0.25, 0.3) is 0 Å². The van der Waals surface area contributed by atoms with E-state index in [9.17, 15) is 14.9 Å². The zero-order valence-electron chi connectivity index (χ0n) is 10.8. The lowest BCUT2D eigenvalue weighted by Crippen LogP contribution is -2.13. The third-order valence-electron chi connectivity index (χ3n) is 2.53. The smallest absolute Gasteiger partial charge is 0.342 e. The van der Waals surface area contributed by atoms with Crippen molar-refractivity contribution in [3.05, 3.63) is 33.9 Å². The maximum absolute atomic E-state index is 10.9. The number of hydrogen-bond donors (Lipinski definition) is 2. The van der Waals surface area contributed by atoms with Gasteiger partial charge in [-0.15, -0.1) is 0 Å². The highest BCUT2D eigenvalue weighted by molar-refractivity contribution is 7.98. The minimum Gasteiger partial charge on any atom is -0.477 e. The van der Waals surface area contributed by atoms with Gasteiger partial charge in [0.15, 0.2) is 0 Å². The number of carbonyl (C=O) groups is 1. The van der Waals surface area contributed by atoms with Gasteiger partial charge in [0.25, 0.3) is 5.69 Å². The first kappa shape index (κ1) is 15.3. The number of nitrogens with one attached hydrogen (secondary N) is 1. The molecule has 0 amide bonds. The Labute approximate surface area is 115 Å². The van der Waals surface area contributed by atoms with Crippen LogP contribution < -0.4 is 5.32 Å². The van der Waals surface area contributed by atoms with Crippen LogP contribution >= 0.6 is 11.8 Å². The Morgan fingerprint density at radius 2 is 2.26 bits per heavy atom. The van der Waals surface area contributed by atoms with E-state index in [1.54, 1.807) is 17.8 Å². The Morgan fingerprint density at radius 3 is 2.79 bits per heavy atom. The Kier molecular flexibility index (Phi) is 5.62. The molecular formula is C12H16N2O4S. The standard InChI is InChI=1S/C12H16N2O4S/c1-8(7-19-2)6-13-9-3-4-10(12(15)16)11(5-9)14(17)18/h3-5,8,13H,6-7H2,1-2H3,(H,15,16). The van der Waals surface area contributed by atoms with E-state index in [1.165, 1.54) is 12.1 Å². The highest BCUT2D eigenvalue weighted by Crippen LogP contribution is 2.23. The van der Waals surface area contributed by atoms with E-state index in [2.05, 4.69) is 12.2 Å². The van der Waals surface area contributed by atoms with Gasteiger partial charge in [0, 0.05) is 18.3 Å². The van der Waals surface area contributed by atoms with Crippen LogP contribution in [-0.2, 0) is 0 Å². The van der Waals surface area contributed by atoms with Crippen LogP contribution in [0.5, 0.6) is 0 Å². The Balaban J connectivity index is 2.84. The van der Waals surface area contributed by atoms with Crippen LogP contribution in [0.2, 0.25) is 0 Å². The number of aromatic carboxylic acids is 1. The first-order valence-corrected chi connectivity index (χ1v) is 7.09. The average molecular weight is 284 g/mol. The molecule has 104 valence electrons. The van der Waals surface area contributed by atoms with Crippen molar-refractivity contribution < 1.29 is 14.8 Å². The average Bonchev–Trinajstić information content (AvgIpc) is 2.36. The highest BCUT2D eigenvalue weighted by Gasteiger charge is 2.20. The summed E-state index contributed by atoms with van der Waals surface area (Å²) in [5, 5.41) is 22.8. The maximum atomic E-state index is 10.9. The predicted molar refractivity (Wildman–Crippen MR) is 76.1 cm³/mol. The number of nitrogens with zero attached hydrogens (tertiary/aromatic N) is 1. The Morgan fingerprint density at radius 1 is 1.58 bits per heavy atom. The molecule has 0 aliphatic heterocycles. The molecular weight excluding hydrogens is 268 g/mol. The van der Waals surface area contributed by atoms with Crippen molar-refractivity contribution in [1.82, 2.24) is 0 Å². The summed E-state index contributed by atoms with van der Waals surface area (Å²) in [6.45, 7) is 2.76. The zero-order valence-corrected chi connectivity index (χ0v) is 11.6. The molecule has 1 unspecified atom stereocenters.